The largest absolute Gasteiger partial charge is 0.271 e. The number of fused-ring (bicyclic) bond motifs is 1. The van der Waals surface area contributed by atoms with Gasteiger partial charge in [0.25, 0.3) is 11.8 Å². The number of aryl methyl sites for hydroxylation is 1. The standard InChI is InChI=1S/C26H17ClFN3O2/c1-16-5-4-7-21(27)24(16)26(33)31-30-25(32)20-11-12-22(28)18(14-20)10-9-17-13-19-6-2-3-8-23(19)29-15-17/h2-8,11-15H,1H3,(H,30,32)(H,31,33). The minimum Gasteiger partial charge on any atom is -0.267 e. The van der Waals surface area contributed by atoms with Gasteiger partial charge in [0.2, 0.25) is 0 Å². The Hall–Kier alpha value is -4.21. The van der Waals surface area contributed by atoms with Crippen molar-refractivity contribution in [3.05, 3.63) is 112 Å². The number of nitrogens with zero attached hydrogens (tertiary/aromatic N) is 1. The Bertz CT molecular complexity index is 1440. The van der Waals surface area contributed by atoms with E-state index in [1.807, 2.05) is 30.3 Å². The molecule has 4 aromatic rings. The summed E-state index contributed by atoms with van der Waals surface area (Å²) in [5.74, 6) is 3.87. The van der Waals surface area contributed by atoms with Crippen LogP contribution in [-0.2, 0) is 0 Å². The highest BCUT2D eigenvalue weighted by molar-refractivity contribution is 6.34. The Labute approximate surface area is 194 Å². The summed E-state index contributed by atoms with van der Waals surface area (Å²) < 4.78 is 14.3. The van der Waals surface area contributed by atoms with Gasteiger partial charge in [0.15, 0.2) is 0 Å². The van der Waals surface area contributed by atoms with Crippen molar-refractivity contribution in [2.45, 2.75) is 6.92 Å². The summed E-state index contributed by atoms with van der Waals surface area (Å²) in [5.41, 5.74) is 7.19. The Kier molecular flexibility index (Phi) is 6.34. The van der Waals surface area contributed by atoms with Crippen LogP contribution in [0.1, 0.15) is 37.4 Å². The SMILES string of the molecule is Cc1cccc(Cl)c1C(=O)NNC(=O)c1ccc(F)c(C#Cc2cnc3ccccc3c2)c1. The van der Waals surface area contributed by atoms with Crippen molar-refractivity contribution < 1.29 is 14.0 Å². The Balaban J connectivity index is 1.50. The van der Waals surface area contributed by atoms with Gasteiger partial charge in [0, 0.05) is 22.7 Å². The third kappa shape index (κ3) is 5.00. The van der Waals surface area contributed by atoms with E-state index in [1.54, 1.807) is 31.3 Å². The molecule has 33 heavy (non-hydrogen) atoms. The zero-order chi connectivity index (χ0) is 23.4. The highest BCUT2D eigenvalue weighted by atomic mass is 35.5. The molecule has 0 bridgehead atoms. The molecule has 0 atom stereocenters. The van der Waals surface area contributed by atoms with Gasteiger partial charge in [-0.2, -0.15) is 0 Å². The number of rotatable bonds is 2. The molecular weight excluding hydrogens is 441 g/mol. The average molecular weight is 458 g/mol. The molecule has 0 unspecified atom stereocenters. The van der Waals surface area contributed by atoms with Crippen LogP contribution in [0.4, 0.5) is 4.39 Å². The molecule has 4 rings (SSSR count). The van der Waals surface area contributed by atoms with E-state index in [0.717, 1.165) is 17.0 Å². The van der Waals surface area contributed by atoms with Crippen molar-refractivity contribution in [2.75, 3.05) is 0 Å². The lowest BCUT2D eigenvalue weighted by Gasteiger charge is -2.10. The van der Waals surface area contributed by atoms with Crippen LogP contribution in [0.25, 0.3) is 10.9 Å². The molecule has 1 aromatic heterocycles. The predicted octanol–water partition coefficient (Wildman–Crippen LogP) is 4.81. The number of hydrogen-bond donors (Lipinski definition) is 2. The maximum atomic E-state index is 14.3. The molecular formula is C26H17ClFN3O2. The van der Waals surface area contributed by atoms with Crippen molar-refractivity contribution in [2.24, 2.45) is 0 Å². The van der Waals surface area contributed by atoms with E-state index in [0.29, 0.717) is 11.1 Å². The van der Waals surface area contributed by atoms with Crippen molar-refractivity contribution in [1.29, 1.82) is 0 Å². The van der Waals surface area contributed by atoms with Gasteiger partial charge < -0.3 is 0 Å². The monoisotopic (exact) mass is 457 g/mol. The fourth-order valence-corrected chi connectivity index (χ4v) is 3.52. The van der Waals surface area contributed by atoms with E-state index in [4.69, 9.17) is 11.6 Å². The summed E-state index contributed by atoms with van der Waals surface area (Å²) in [6.07, 6.45) is 1.61. The van der Waals surface area contributed by atoms with Gasteiger partial charge in [-0.15, -0.1) is 0 Å². The lowest BCUT2D eigenvalue weighted by atomic mass is 10.1. The number of hydrazine groups is 1. The lowest BCUT2D eigenvalue weighted by Crippen LogP contribution is -2.42. The number of amides is 2. The number of pyridine rings is 1. The van der Waals surface area contributed by atoms with E-state index >= 15 is 0 Å². The normalized spacial score (nSPS) is 10.3. The maximum absolute atomic E-state index is 14.3. The number of halogens is 2. The van der Waals surface area contributed by atoms with Gasteiger partial charge in [-0.1, -0.05) is 53.8 Å². The van der Waals surface area contributed by atoms with Crippen LogP contribution in [0.5, 0.6) is 0 Å². The number of benzene rings is 3. The quantitative estimate of drug-likeness (QED) is 0.335. The van der Waals surface area contributed by atoms with Crippen molar-refractivity contribution in [3.8, 4) is 11.8 Å². The molecule has 7 heteroatoms. The summed E-state index contributed by atoms with van der Waals surface area (Å²) in [7, 11) is 0. The van der Waals surface area contributed by atoms with Crippen molar-refractivity contribution >= 4 is 34.3 Å². The van der Waals surface area contributed by atoms with Crippen molar-refractivity contribution in [3.63, 3.8) is 0 Å². The van der Waals surface area contributed by atoms with Gasteiger partial charge in [0.05, 0.1) is 21.7 Å². The molecule has 2 amide bonds. The minimum absolute atomic E-state index is 0.0454. The highest BCUT2D eigenvalue weighted by Crippen LogP contribution is 2.19. The summed E-state index contributed by atoms with van der Waals surface area (Å²) in [6, 6.07) is 18.3. The van der Waals surface area contributed by atoms with E-state index < -0.39 is 17.6 Å². The zero-order valence-corrected chi connectivity index (χ0v) is 18.2. The molecule has 0 radical (unpaired) electrons. The molecule has 0 aliphatic heterocycles. The molecule has 0 spiro atoms. The Morgan fingerprint density at radius 1 is 0.939 bits per heavy atom. The van der Waals surface area contributed by atoms with Crippen LogP contribution >= 0.6 is 11.6 Å². The number of hydrogen-bond acceptors (Lipinski definition) is 3. The fourth-order valence-electron chi connectivity index (χ4n) is 3.21. The van der Waals surface area contributed by atoms with Crippen LogP contribution in [0, 0.1) is 24.6 Å². The Morgan fingerprint density at radius 2 is 1.73 bits per heavy atom. The van der Waals surface area contributed by atoms with Crippen LogP contribution < -0.4 is 10.9 Å². The van der Waals surface area contributed by atoms with Crippen LogP contribution in [0.3, 0.4) is 0 Å². The molecule has 0 saturated heterocycles. The third-order valence-corrected chi connectivity index (χ3v) is 5.21. The number of nitrogens with one attached hydrogen (secondary N) is 2. The van der Waals surface area contributed by atoms with E-state index in [-0.39, 0.29) is 21.7 Å². The Morgan fingerprint density at radius 3 is 2.55 bits per heavy atom. The molecule has 0 saturated carbocycles. The number of aromatic nitrogens is 1. The zero-order valence-electron chi connectivity index (χ0n) is 17.4. The van der Waals surface area contributed by atoms with Crippen molar-refractivity contribution in [1.82, 2.24) is 15.8 Å². The van der Waals surface area contributed by atoms with Gasteiger partial charge in [-0.3, -0.25) is 25.4 Å². The number of para-hydroxylation sites is 1. The van der Waals surface area contributed by atoms with E-state index in [1.165, 1.54) is 12.1 Å². The molecule has 2 N–H and O–H groups in total. The third-order valence-electron chi connectivity index (χ3n) is 4.90. The second-order valence-electron chi connectivity index (χ2n) is 7.20. The summed E-state index contributed by atoms with van der Waals surface area (Å²) >= 11 is 6.08. The summed E-state index contributed by atoms with van der Waals surface area (Å²) in [5, 5.41) is 1.19. The van der Waals surface area contributed by atoms with Gasteiger partial charge >= 0.3 is 0 Å². The van der Waals surface area contributed by atoms with Gasteiger partial charge in [-0.25, -0.2) is 4.39 Å². The number of carbonyl (C=O) groups excluding carboxylic acids is 2. The minimum atomic E-state index is -0.622. The van der Waals surface area contributed by atoms with Crippen LogP contribution in [-0.4, -0.2) is 16.8 Å². The second-order valence-corrected chi connectivity index (χ2v) is 7.61. The molecule has 3 aromatic carbocycles. The fraction of sp³-hybridized carbons (Fsp3) is 0.0385. The first-order chi connectivity index (χ1) is 15.9. The second kappa shape index (κ2) is 9.51. The average Bonchev–Trinajstić information content (AvgIpc) is 2.81. The summed E-state index contributed by atoms with van der Waals surface area (Å²) in [6.45, 7) is 1.73. The maximum Gasteiger partial charge on any atom is 0.271 e. The molecule has 5 nitrogen and oxygen atoms in total. The smallest absolute Gasteiger partial charge is 0.267 e. The van der Waals surface area contributed by atoms with Crippen LogP contribution in [0.2, 0.25) is 5.02 Å². The van der Waals surface area contributed by atoms with Gasteiger partial charge in [0.1, 0.15) is 5.82 Å². The van der Waals surface area contributed by atoms with E-state index in [2.05, 4.69) is 27.7 Å². The molecule has 0 aliphatic rings. The lowest BCUT2D eigenvalue weighted by molar-refractivity contribution is 0.0846. The van der Waals surface area contributed by atoms with Crippen LogP contribution in [0.15, 0.2) is 72.9 Å². The molecule has 162 valence electrons. The first-order valence-electron chi connectivity index (χ1n) is 9.94. The number of carbonyl (C=O) groups is 2. The van der Waals surface area contributed by atoms with Gasteiger partial charge in [-0.05, 0) is 48.9 Å². The topological polar surface area (TPSA) is 71.1 Å². The highest BCUT2D eigenvalue weighted by Gasteiger charge is 2.15. The first kappa shape index (κ1) is 22.0. The first-order valence-corrected chi connectivity index (χ1v) is 10.3. The van der Waals surface area contributed by atoms with E-state index in [9.17, 15) is 14.0 Å². The molecule has 1 heterocycles. The molecule has 0 fully saturated rings. The predicted molar refractivity (Wildman–Crippen MR) is 125 cm³/mol. The molecule has 0 aliphatic carbocycles. The summed E-state index contributed by atoms with van der Waals surface area (Å²) in [4.78, 5) is 29.2.